The average molecular weight is 182 g/mol. The van der Waals surface area contributed by atoms with Gasteiger partial charge in [-0.05, 0) is 27.7 Å². The van der Waals surface area contributed by atoms with Crippen molar-refractivity contribution in [1.82, 2.24) is 0 Å². The van der Waals surface area contributed by atoms with Gasteiger partial charge in [-0.1, -0.05) is 22.5 Å². The van der Waals surface area contributed by atoms with Crippen molar-refractivity contribution in [3.8, 4) is 0 Å². The highest BCUT2D eigenvalue weighted by atomic mass is 28.3. The van der Waals surface area contributed by atoms with Crippen LogP contribution in [0.4, 0.5) is 0 Å². The van der Waals surface area contributed by atoms with Crippen LogP contribution in [0.25, 0.3) is 0 Å². The number of rotatable bonds is 3. The van der Waals surface area contributed by atoms with E-state index in [1.165, 1.54) is 10.4 Å². The van der Waals surface area contributed by atoms with Gasteiger partial charge in [-0.15, -0.1) is 0 Å². The Kier molecular flexibility index (Phi) is 5.45. The van der Waals surface area contributed by atoms with Crippen molar-refractivity contribution >= 4 is 19.5 Å². The van der Waals surface area contributed by atoms with E-state index in [-0.39, 0.29) is 0 Å². The molecule has 0 unspecified atom stereocenters. The Morgan fingerprint density at radius 1 is 1.18 bits per heavy atom. The zero-order chi connectivity index (χ0) is 8.85. The van der Waals surface area contributed by atoms with Gasteiger partial charge in [0.2, 0.25) is 10.5 Å². The molecule has 4 radical (unpaired) electrons. The van der Waals surface area contributed by atoms with Crippen LogP contribution >= 0.6 is 0 Å². The Labute approximate surface area is 74.4 Å². The van der Waals surface area contributed by atoms with Crippen LogP contribution in [0.15, 0.2) is 22.5 Å². The second-order valence-corrected chi connectivity index (χ2v) is 5.43. The zero-order valence-electron chi connectivity index (χ0n) is 7.56. The third kappa shape index (κ3) is 3.18. The van der Waals surface area contributed by atoms with Crippen molar-refractivity contribution < 1.29 is 4.12 Å². The first-order chi connectivity index (χ1) is 5.17. The summed E-state index contributed by atoms with van der Waals surface area (Å²) in [5, 5.41) is 2.64. The molecule has 0 atom stereocenters. The van der Waals surface area contributed by atoms with E-state index in [2.05, 4.69) is 36.5 Å². The molecule has 0 aromatic heterocycles. The van der Waals surface area contributed by atoms with E-state index in [1.54, 1.807) is 0 Å². The molecule has 0 heterocycles. The van der Waals surface area contributed by atoms with Gasteiger partial charge in [0.1, 0.15) is 0 Å². The third-order valence-corrected chi connectivity index (χ3v) is 4.51. The van der Waals surface area contributed by atoms with E-state index in [0.29, 0.717) is 0 Å². The first-order valence-electron chi connectivity index (χ1n) is 3.64. The molecular formula is C8H14OSi2. The monoisotopic (exact) mass is 182 g/mol. The molecule has 11 heavy (non-hydrogen) atoms. The molecule has 0 spiro atoms. The second kappa shape index (κ2) is 5.51. The van der Waals surface area contributed by atoms with Gasteiger partial charge in [-0.2, -0.15) is 0 Å². The normalized spacial score (nSPS) is 14.4. The molecule has 0 rings (SSSR count). The molecule has 0 fully saturated rings. The number of allylic oxidation sites excluding steroid dienone is 4. The first kappa shape index (κ1) is 10.9. The predicted molar refractivity (Wildman–Crippen MR) is 51.5 cm³/mol. The van der Waals surface area contributed by atoms with Gasteiger partial charge >= 0.3 is 0 Å². The lowest BCUT2D eigenvalue weighted by Crippen LogP contribution is -2.20. The molecule has 0 aliphatic rings. The standard InChI is InChI=1S/C8H14OSi2/c1-5-7(3)11(9-10)8(4)6-2/h5-6H,1-4H3/b7-5+,8-6+. The van der Waals surface area contributed by atoms with E-state index >= 15 is 0 Å². The summed E-state index contributed by atoms with van der Waals surface area (Å²) in [7, 11) is 2.20. The molecule has 0 aromatic carbocycles. The minimum absolute atomic E-state index is 0.905. The SMILES string of the molecule is C/C=C(\C)[Si](O[Si])/C(C)=C/C. The Bertz CT molecular complexity index is 155. The Morgan fingerprint density at radius 3 is 1.73 bits per heavy atom. The summed E-state index contributed by atoms with van der Waals surface area (Å²) in [6.07, 6.45) is 4.20. The van der Waals surface area contributed by atoms with Crippen molar-refractivity contribution in [2.75, 3.05) is 0 Å². The fraction of sp³-hybridized carbons (Fsp3) is 0.500. The van der Waals surface area contributed by atoms with Crippen molar-refractivity contribution in [1.29, 1.82) is 0 Å². The van der Waals surface area contributed by atoms with Gasteiger partial charge in [-0.25, -0.2) is 0 Å². The summed E-state index contributed by atoms with van der Waals surface area (Å²) in [6, 6.07) is 0. The summed E-state index contributed by atoms with van der Waals surface area (Å²) >= 11 is 0. The highest BCUT2D eigenvalue weighted by Crippen LogP contribution is 2.09. The fourth-order valence-electron chi connectivity index (χ4n) is 0.734. The van der Waals surface area contributed by atoms with Crippen molar-refractivity contribution in [3.63, 3.8) is 0 Å². The van der Waals surface area contributed by atoms with Crippen LogP contribution in [0.1, 0.15) is 27.7 Å². The van der Waals surface area contributed by atoms with Crippen LogP contribution in [-0.4, -0.2) is 19.5 Å². The average Bonchev–Trinajstić information content (AvgIpc) is 2.05. The maximum absolute atomic E-state index is 5.23. The van der Waals surface area contributed by atoms with E-state index < -0.39 is 9.04 Å². The van der Waals surface area contributed by atoms with Crippen LogP contribution in [-0.2, 0) is 4.12 Å². The van der Waals surface area contributed by atoms with Gasteiger partial charge in [0.05, 0.1) is 0 Å². The molecule has 0 N–H and O–H groups in total. The highest BCUT2D eigenvalue weighted by Gasteiger charge is 2.14. The molecule has 0 aliphatic heterocycles. The van der Waals surface area contributed by atoms with Crippen LogP contribution in [0.2, 0.25) is 0 Å². The first-order valence-corrected chi connectivity index (χ1v) is 5.46. The molecular weight excluding hydrogens is 168 g/mol. The largest absolute Gasteiger partial charge is 0.451 e. The second-order valence-electron chi connectivity index (χ2n) is 2.37. The molecule has 0 aromatic rings. The Hall–Kier alpha value is -0.126. The van der Waals surface area contributed by atoms with Gasteiger partial charge in [0.25, 0.3) is 9.04 Å². The summed E-state index contributed by atoms with van der Waals surface area (Å²) in [4.78, 5) is 0. The van der Waals surface area contributed by atoms with Gasteiger partial charge in [0, 0.05) is 0 Å². The minimum atomic E-state index is -0.905. The molecule has 0 saturated carbocycles. The van der Waals surface area contributed by atoms with Crippen LogP contribution < -0.4 is 0 Å². The maximum Gasteiger partial charge on any atom is 0.261 e. The lowest BCUT2D eigenvalue weighted by atomic mass is 10.6. The van der Waals surface area contributed by atoms with E-state index in [1.807, 2.05) is 13.8 Å². The van der Waals surface area contributed by atoms with E-state index in [4.69, 9.17) is 4.12 Å². The smallest absolute Gasteiger partial charge is 0.261 e. The van der Waals surface area contributed by atoms with Crippen LogP contribution in [0.3, 0.4) is 0 Å². The molecule has 0 saturated heterocycles. The molecule has 60 valence electrons. The van der Waals surface area contributed by atoms with Gasteiger partial charge < -0.3 is 4.12 Å². The van der Waals surface area contributed by atoms with E-state index in [0.717, 1.165) is 0 Å². The topological polar surface area (TPSA) is 9.23 Å². The van der Waals surface area contributed by atoms with Crippen molar-refractivity contribution in [2.24, 2.45) is 0 Å². The molecule has 1 nitrogen and oxygen atoms in total. The summed E-state index contributed by atoms with van der Waals surface area (Å²) in [5.74, 6) is 0. The van der Waals surface area contributed by atoms with Crippen molar-refractivity contribution in [2.45, 2.75) is 27.7 Å². The molecule has 3 heteroatoms. The molecule has 0 amide bonds. The molecule has 0 bridgehead atoms. The molecule has 0 aliphatic carbocycles. The lowest BCUT2D eigenvalue weighted by molar-refractivity contribution is 0.649. The number of hydrogen-bond acceptors (Lipinski definition) is 1. The van der Waals surface area contributed by atoms with Crippen LogP contribution in [0.5, 0.6) is 0 Å². The Morgan fingerprint density at radius 2 is 1.55 bits per heavy atom. The van der Waals surface area contributed by atoms with Gasteiger partial charge in [0.15, 0.2) is 0 Å². The fourth-order valence-corrected chi connectivity index (χ4v) is 3.17. The van der Waals surface area contributed by atoms with E-state index in [9.17, 15) is 0 Å². The summed E-state index contributed by atoms with van der Waals surface area (Å²) < 4.78 is 5.23. The quantitative estimate of drug-likeness (QED) is 0.607. The third-order valence-electron chi connectivity index (χ3n) is 1.68. The van der Waals surface area contributed by atoms with Gasteiger partial charge in [-0.3, -0.25) is 0 Å². The lowest BCUT2D eigenvalue weighted by Gasteiger charge is -2.12. The highest BCUT2D eigenvalue weighted by molar-refractivity contribution is 6.70. The summed E-state index contributed by atoms with van der Waals surface area (Å²) in [6.45, 7) is 8.27. The number of hydrogen-bond donors (Lipinski definition) is 0. The minimum Gasteiger partial charge on any atom is -0.451 e. The zero-order valence-corrected chi connectivity index (χ0v) is 9.56. The summed E-state index contributed by atoms with van der Waals surface area (Å²) in [5.41, 5.74) is 0. The predicted octanol–water partition coefficient (Wildman–Crippen LogP) is 2.09. The maximum atomic E-state index is 5.23. The van der Waals surface area contributed by atoms with Crippen LogP contribution in [0, 0.1) is 0 Å². The Balaban J connectivity index is 4.41. The van der Waals surface area contributed by atoms with Crippen molar-refractivity contribution in [3.05, 3.63) is 22.5 Å².